The Balaban J connectivity index is 2.26. The molecule has 126 valence electrons. The van der Waals surface area contributed by atoms with Gasteiger partial charge in [-0.1, -0.05) is 0 Å². The Kier molecular flexibility index (Phi) is 8.82. The van der Waals surface area contributed by atoms with Crippen molar-refractivity contribution in [2.24, 2.45) is 0 Å². The summed E-state index contributed by atoms with van der Waals surface area (Å²) in [5, 5.41) is 11.6. The van der Waals surface area contributed by atoms with E-state index in [1.165, 1.54) is 11.8 Å². The highest BCUT2D eigenvalue weighted by molar-refractivity contribution is 7.98. The van der Waals surface area contributed by atoms with Crippen LogP contribution in [0.4, 0.5) is 0 Å². The summed E-state index contributed by atoms with van der Waals surface area (Å²) in [6.07, 6.45) is 3.73. The first-order valence-electron chi connectivity index (χ1n) is 7.26. The predicted molar refractivity (Wildman–Crippen MR) is 89.1 cm³/mol. The first-order valence-corrected chi connectivity index (χ1v) is 8.65. The lowest BCUT2D eigenvalue weighted by atomic mass is 10.2. The monoisotopic (exact) mass is 339 g/mol. The van der Waals surface area contributed by atoms with Crippen LogP contribution >= 0.6 is 11.8 Å². The first-order chi connectivity index (χ1) is 11.1. The third-order valence-corrected chi connectivity index (χ3v) is 3.72. The van der Waals surface area contributed by atoms with E-state index in [-0.39, 0.29) is 12.3 Å². The summed E-state index contributed by atoms with van der Waals surface area (Å²) in [6.45, 7) is 0.344. The average Bonchev–Trinajstić information content (AvgIpc) is 2.55. The molecular formula is C16H21NO5S. The lowest BCUT2D eigenvalue weighted by Crippen LogP contribution is -2.41. The molecule has 1 aromatic carbocycles. The molecule has 1 unspecified atom stereocenters. The highest BCUT2D eigenvalue weighted by Gasteiger charge is 2.18. The number of hydrogen-bond donors (Lipinski definition) is 2. The van der Waals surface area contributed by atoms with Crippen LogP contribution in [0.25, 0.3) is 0 Å². The summed E-state index contributed by atoms with van der Waals surface area (Å²) in [5.41, 5.74) is 0.571. The Morgan fingerprint density at radius 2 is 2.04 bits per heavy atom. The van der Waals surface area contributed by atoms with Crippen molar-refractivity contribution in [2.45, 2.75) is 25.3 Å². The molecule has 0 bridgehead atoms. The molecule has 23 heavy (non-hydrogen) atoms. The van der Waals surface area contributed by atoms with Gasteiger partial charge in [0.25, 0.3) is 0 Å². The quantitative estimate of drug-likeness (QED) is 0.473. The van der Waals surface area contributed by atoms with Gasteiger partial charge in [-0.05, 0) is 49.1 Å². The number of hydrogen-bond acceptors (Lipinski definition) is 5. The number of rotatable bonds is 11. The van der Waals surface area contributed by atoms with Crippen LogP contribution in [0.3, 0.4) is 0 Å². The predicted octanol–water partition coefficient (Wildman–Crippen LogP) is 1.98. The van der Waals surface area contributed by atoms with E-state index in [2.05, 4.69) is 5.32 Å². The van der Waals surface area contributed by atoms with Crippen LogP contribution < -0.4 is 10.1 Å². The Hall–Kier alpha value is -2.02. The number of carbonyl (C=O) groups is 3. The molecule has 0 heterocycles. The highest BCUT2D eigenvalue weighted by Crippen LogP contribution is 2.11. The fourth-order valence-electron chi connectivity index (χ4n) is 1.82. The number of aliphatic carboxylic acids is 1. The maximum atomic E-state index is 11.7. The number of carboxylic acid groups (broad SMARTS) is 1. The van der Waals surface area contributed by atoms with E-state index < -0.39 is 12.0 Å². The Bertz CT molecular complexity index is 518. The van der Waals surface area contributed by atoms with Gasteiger partial charge in [0.05, 0.1) is 6.61 Å². The first kappa shape index (κ1) is 19.0. The van der Waals surface area contributed by atoms with Crippen molar-refractivity contribution in [1.29, 1.82) is 0 Å². The lowest BCUT2D eigenvalue weighted by Gasteiger charge is -2.14. The molecule has 0 aliphatic heterocycles. The number of carbonyl (C=O) groups excluding carboxylic acids is 2. The van der Waals surface area contributed by atoms with Crippen LogP contribution in [-0.2, 0) is 9.59 Å². The Morgan fingerprint density at radius 3 is 2.61 bits per heavy atom. The molecule has 1 aromatic rings. The third-order valence-electron chi connectivity index (χ3n) is 3.08. The van der Waals surface area contributed by atoms with Crippen molar-refractivity contribution < 1.29 is 24.2 Å². The normalized spacial score (nSPS) is 11.5. The molecule has 0 saturated carbocycles. The largest absolute Gasteiger partial charge is 0.494 e. The van der Waals surface area contributed by atoms with Gasteiger partial charge in [0.15, 0.2) is 0 Å². The minimum Gasteiger partial charge on any atom is -0.494 e. The summed E-state index contributed by atoms with van der Waals surface area (Å²) in [4.78, 5) is 33.3. The van der Waals surface area contributed by atoms with Gasteiger partial charge < -0.3 is 15.2 Å². The van der Waals surface area contributed by atoms with Crippen LogP contribution in [0.5, 0.6) is 5.75 Å². The van der Waals surface area contributed by atoms with E-state index in [0.29, 0.717) is 36.5 Å². The molecule has 0 aromatic heterocycles. The molecule has 0 aliphatic rings. The van der Waals surface area contributed by atoms with Gasteiger partial charge in [0.1, 0.15) is 18.1 Å². The van der Waals surface area contributed by atoms with Gasteiger partial charge in [0, 0.05) is 12.0 Å². The van der Waals surface area contributed by atoms with Crippen LogP contribution in [0.1, 0.15) is 29.6 Å². The van der Waals surface area contributed by atoms with E-state index in [1.54, 1.807) is 24.3 Å². The van der Waals surface area contributed by atoms with Gasteiger partial charge >= 0.3 is 5.97 Å². The van der Waals surface area contributed by atoms with Gasteiger partial charge in [-0.15, -0.1) is 0 Å². The maximum Gasteiger partial charge on any atom is 0.326 e. The zero-order valence-electron chi connectivity index (χ0n) is 13.0. The second kappa shape index (κ2) is 10.7. The molecule has 0 saturated heterocycles. The molecule has 0 aliphatic carbocycles. The van der Waals surface area contributed by atoms with Crippen molar-refractivity contribution in [2.75, 3.05) is 18.6 Å². The second-order valence-corrected chi connectivity index (χ2v) is 5.86. The molecule has 1 atom stereocenters. The Morgan fingerprint density at radius 1 is 1.35 bits per heavy atom. The van der Waals surface area contributed by atoms with Gasteiger partial charge in [-0.25, -0.2) is 4.79 Å². The molecule has 0 fully saturated rings. The van der Waals surface area contributed by atoms with Gasteiger partial charge in [-0.3, -0.25) is 9.59 Å². The molecule has 1 rings (SSSR count). The third kappa shape index (κ3) is 7.69. The summed E-state index contributed by atoms with van der Waals surface area (Å²) < 4.78 is 5.46. The summed E-state index contributed by atoms with van der Waals surface area (Å²) in [6, 6.07) is 5.84. The fraction of sp³-hybridized carbons (Fsp3) is 0.438. The van der Waals surface area contributed by atoms with Crippen molar-refractivity contribution in [3.63, 3.8) is 0 Å². The average molecular weight is 339 g/mol. The van der Waals surface area contributed by atoms with E-state index in [1.807, 2.05) is 6.26 Å². The zero-order valence-corrected chi connectivity index (χ0v) is 13.8. The molecule has 7 heteroatoms. The van der Waals surface area contributed by atoms with Crippen LogP contribution in [0.15, 0.2) is 24.3 Å². The maximum absolute atomic E-state index is 11.7. The number of amides is 1. The van der Waals surface area contributed by atoms with Crippen LogP contribution in [0.2, 0.25) is 0 Å². The Labute approximate surface area is 139 Å². The zero-order chi connectivity index (χ0) is 17.1. The van der Waals surface area contributed by atoms with Crippen LogP contribution in [0, 0.1) is 0 Å². The van der Waals surface area contributed by atoms with E-state index in [9.17, 15) is 14.4 Å². The number of benzene rings is 1. The molecular weight excluding hydrogens is 318 g/mol. The smallest absolute Gasteiger partial charge is 0.326 e. The van der Waals surface area contributed by atoms with Crippen molar-refractivity contribution in [3.8, 4) is 5.75 Å². The number of ether oxygens (including phenoxy) is 1. The van der Waals surface area contributed by atoms with Gasteiger partial charge in [0.2, 0.25) is 5.91 Å². The van der Waals surface area contributed by atoms with Crippen LogP contribution in [-0.4, -0.2) is 47.9 Å². The van der Waals surface area contributed by atoms with E-state index in [4.69, 9.17) is 9.84 Å². The van der Waals surface area contributed by atoms with Crippen molar-refractivity contribution in [1.82, 2.24) is 5.32 Å². The van der Waals surface area contributed by atoms with Gasteiger partial charge in [-0.2, -0.15) is 11.8 Å². The molecule has 6 nitrogen and oxygen atoms in total. The number of carboxylic acids is 1. The standard InChI is InChI=1S/C16H21NO5S/c1-23-10-8-14(16(20)21)17-15(19)3-2-9-22-13-6-4-12(11-18)5-7-13/h4-7,11,14H,2-3,8-10H2,1H3,(H,17,19)(H,20,21). The van der Waals surface area contributed by atoms with E-state index >= 15 is 0 Å². The molecule has 0 radical (unpaired) electrons. The second-order valence-electron chi connectivity index (χ2n) is 4.88. The van der Waals surface area contributed by atoms with Crippen molar-refractivity contribution >= 4 is 29.9 Å². The van der Waals surface area contributed by atoms with Crippen molar-refractivity contribution in [3.05, 3.63) is 29.8 Å². The highest BCUT2D eigenvalue weighted by atomic mass is 32.2. The fourth-order valence-corrected chi connectivity index (χ4v) is 2.30. The summed E-state index contributed by atoms with van der Waals surface area (Å²) >= 11 is 1.54. The topological polar surface area (TPSA) is 92.7 Å². The summed E-state index contributed by atoms with van der Waals surface area (Å²) in [7, 11) is 0. The minimum absolute atomic E-state index is 0.204. The molecule has 0 spiro atoms. The SMILES string of the molecule is CSCCC(NC(=O)CCCOc1ccc(C=O)cc1)C(=O)O. The number of thioether (sulfide) groups is 1. The molecule has 2 N–H and O–H groups in total. The molecule has 1 amide bonds. The number of nitrogens with one attached hydrogen (secondary N) is 1. The minimum atomic E-state index is -1.01. The summed E-state index contributed by atoms with van der Waals surface area (Å²) in [5.74, 6) is -0.00588. The van der Waals surface area contributed by atoms with E-state index in [0.717, 1.165) is 6.29 Å². The number of aldehydes is 1. The lowest BCUT2D eigenvalue weighted by molar-refractivity contribution is -0.141.